The van der Waals surface area contributed by atoms with Gasteiger partial charge < -0.3 is 14.7 Å². The summed E-state index contributed by atoms with van der Waals surface area (Å²) in [7, 11) is 0. The molecule has 1 atom stereocenters. The van der Waals surface area contributed by atoms with Crippen LogP contribution in [0.1, 0.15) is 28.8 Å². The molecule has 26 heavy (non-hydrogen) atoms. The van der Waals surface area contributed by atoms with Gasteiger partial charge in [0, 0.05) is 24.7 Å². The smallest absolute Gasteiger partial charge is 0.308 e. The molecular weight excluding hydrogens is 337 g/mol. The number of halogens is 1. The van der Waals surface area contributed by atoms with E-state index >= 15 is 0 Å². The van der Waals surface area contributed by atoms with E-state index in [2.05, 4.69) is 0 Å². The normalized spacial score (nSPS) is 17.0. The molecule has 0 aromatic heterocycles. The van der Waals surface area contributed by atoms with Crippen LogP contribution in [0.4, 0.5) is 4.39 Å². The van der Waals surface area contributed by atoms with E-state index in [-0.39, 0.29) is 24.9 Å². The molecule has 0 spiro atoms. The highest BCUT2D eigenvalue weighted by atomic mass is 19.1. The predicted octanol–water partition coefficient (Wildman–Crippen LogP) is 3.34. The van der Waals surface area contributed by atoms with Crippen molar-refractivity contribution in [3.05, 3.63) is 65.5 Å². The number of benzene rings is 2. The van der Waals surface area contributed by atoms with Crippen molar-refractivity contribution in [3.63, 3.8) is 0 Å². The number of carbonyl (C=O) groups is 2. The van der Waals surface area contributed by atoms with Crippen LogP contribution >= 0.6 is 0 Å². The summed E-state index contributed by atoms with van der Waals surface area (Å²) >= 11 is 0. The van der Waals surface area contributed by atoms with Gasteiger partial charge in [0.05, 0.1) is 5.92 Å². The second-order valence-electron chi connectivity index (χ2n) is 6.37. The molecule has 0 aliphatic carbocycles. The summed E-state index contributed by atoms with van der Waals surface area (Å²) in [4.78, 5) is 25.4. The lowest BCUT2D eigenvalue weighted by Gasteiger charge is -2.30. The molecule has 1 heterocycles. The highest BCUT2D eigenvalue weighted by Crippen LogP contribution is 2.20. The van der Waals surface area contributed by atoms with Crippen LogP contribution in [0.3, 0.4) is 0 Å². The topological polar surface area (TPSA) is 66.8 Å². The highest BCUT2D eigenvalue weighted by molar-refractivity contribution is 5.94. The van der Waals surface area contributed by atoms with Crippen LogP contribution in [0.5, 0.6) is 5.75 Å². The molecule has 2 aromatic rings. The fraction of sp³-hybridized carbons (Fsp3) is 0.300. The number of carbonyl (C=O) groups excluding carboxylic acids is 1. The van der Waals surface area contributed by atoms with Gasteiger partial charge >= 0.3 is 5.97 Å². The number of nitrogens with zero attached hydrogens (tertiary/aromatic N) is 1. The Bertz CT molecular complexity index is 808. The Labute approximate surface area is 151 Å². The molecule has 0 saturated carbocycles. The number of aliphatic carboxylic acids is 1. The summed E-state index contributed by atoms with van der Waals surface area (Å²) in [5, 5.41) is 9.17. The third-order valence-corrected chi connectivity index (χ3v) is 4.43. The zero-order valence-electron chi connectivity index (χ0n) is 14.2. The lowest BCUT2D eigenvalue weighted by Crippen LogP contribution is -2.42. The fourth-order valence-corrected chi connectivity index (χ4v) is 3.06. The number of likely N-dealkylation sites (tertiary alicyclic amines) is 1. The van der Waals surface area contributed by atoms with Crippen LogP contribution in [0, 0.1) is 11.7 Å². The van der Waals surface area contributed by atoms with Crippen molar-refractivity contribution in [3.8, 4) is 5.75 Å². The van der Waals surface area contributed by atoms with E-state index in [0.717, 1.165) is 5.56 Å². The minimum Gasteiger partial charge on any atom is -0.489 e. The van der Waals surface area contributed by atoms with Gasteiger partial charge in [-0.05, 0) is 42.7 Å². The average Bonchev–Trinajstić information content (AvgIpc) is 2.66. The van der Waals surface area contributed by atoms with Crippen molar-refractivity contribution in [1.82, 2.24) is 4.90 Å². The number of piperidine rings is 1. The third-order valence-electron chi connectivity index (χ3n) is 4.43. The summed E-state index contributed by atoms with van der Waals surface area (Å²) in [6, 6.07) is 12.9. The van der Waals surface area contributed by atoms with Crippen molar-refractivity contribution < 1.29 is 23.8 Å². The standard InChI is InChI=1S/C20H20FNO4/c21-17-7-2-8-18(11-17)26-13-14-4-1-5-15(10-14)19(23)22-9-3-6-16(12-22)20(24)25/h1-2,4-5,7-8,10-11,16H,3,6,9,12-13H2,(H,24,25). The van der Waals surface area contributed by atoms with Crippen LogP contribution in [0.25, 0.3) is 0 Å². The maximum Gasteiger partial charge on any atom is 0.308 e. The molecular formula is C20H20FNO4. The van der Waals surface area contributed by atoms with Gasteiger partial charge in [0.2, 0.25) is 0 Å². The molecule has 1 saturated heterocycles. The minimum absolute atomic E-state index is 0.177. The van der Waals surface area contributed by atoms with Crippen LogP contribution in [0.2, 0.25) is 0 Å². The van der Waals surface area contributed by atoms with Crippen molar-refractivity contribution >= 4 is 11.9 Å². The molecule has 0 radical (unpaired) electrons. The van der Waals surface area contributed by atoms with Crippen LogP contribution in [-0.4, -0.2) is 35.0 Å². The lowest BCUT2D eigenvalue weighted by molar-refractivity contribution is -0.143. The first-order valence-corrected chi connectivity index (χ1v) is 8.52. The van der Waals surface area contributed by atoms with E-state index < -0.39 is 11.9 Å². The highest BCUT2D eigenvalue weighted by Gasteiger charge is 2.28. The molecule has 2 aromatic carbocycles. The Morgan fingerprint density at radius 3 is 2.77 bits per heavy atom. The predicted molar refractivity (Wildman–Crippen MR) is 93.4 cm³/mol. The first-order chi connectivity index (χ1) is 12.5. The van der Waals surface area contributed by atoms with Crippen LogP contribution < -0.4 is 4.74 Å². The quantitative estimate of drug-likeness (QED) is 0.891. The Morgan fingerprint density at radius 1 is 1.19 bits per heavy atom. The van der Waals surface area contributed by atoms with E-state index in [1.54, 1.807) is 35.2 Å². The van der Waals surface area contributed by atoms with Crippen molar-refractivity contribution in [2.75, 3.05) is 13.1 Å². The first-order valence-electron chi connectivity index (χ1n) is 8.52. The number of hydrogen-bond acceptors (Lipinski definition) is 3. The van der Waals surface area contributed by atoms with Gasteiger partial charge in [-0.3, -0.25) is 9.59 Å². The minimum atomic E-state index is -0.861. The molecule has 1 fully saturated rings. The summed E-state index contributed by atoms with van der Waals surface area (Å²) in [6.45, 7) is 1.01. The largest absolute Gasteiger partial charge is 0.489 e. The average molecular weight is 357 g/mol. The van der Waals surface area contributed by atoms with Crippen molar-refractivity contribution in [1.29, 1.82) is 0 Å². The molecule has 136 valence electrons. The fourth-order valence-electron chi connectivity index (χ4n) is 3.06. The van der Waals surface area contributed by atoms with Crippen molar-refractivity contribution in [2.24, 2.45) is 5.92 Å². The molecule has 6 heteroatoms. The monoisotopic (exact) mass is 357 g/mol. The van der Waals surface area contributed by atoms with E-state index in [1.807, 2.05) is 6.07 Å². The number of ether oxygens (including phenoxy) is 1. The Balaban J connectivity index is 1.66. The van der Waals surface area contributed by atoms with Crippen LogP contribution in [0.15, 0.2) is 48.5 Å². The summed E-state index contributed by atoms with van der Waals surface area (Å²) < 4.78 is 18.7. The lowest BCUT2D eigenvalue weighted by atomic mass is 9.97. The summed E-state index contributed by atoms with van der Waals surface area (Å²) in [5.74, 6) is -1.50. The second kappa shape index (κ2) is 7.99. The van der Waals surface area contributed by atoms with Gasteiger partial charge in [0.25, 0.3) is 5.91 Å². The number of hydrogen-bond donors (Lipinski definition) is 1. The Morgan fingerprint density at radius 2 is 2.00 bits per heavy atom. The Hall–Kier alpha value is -2.89. The van der Waals surface area contributed by atoms with Gasteiger partial charge in [-0.25, -0.2) is 4.39 Å². The SMILES string of the molecule is O=C(O)C1CCCN(C(=O)c2cccc(COc3cccc(F)c3)c2)C1. The number of amides is 1. The second-order valence-corrected chi connectivity index (χ2v) is 6.37. The molecule has 1 aliphatic heterocycles. The zero-order chi connectivity index (χ0) is 18.5. The Kier molecular flexibility index (Phi) is 5.51. The number of carboxylic acids is 1. The molecule has 5 nitrogen and oxygen atoms in total. The first kappa shape index (κ1) is 17.9. The van der Waals surface area contributed by atoms with Crippen LogP contribution in [-0.2, 0) is 11.4 Å². The molecule has 1 unspecified atom stereocenters. The van der Waals surface area contributed by atoms with E-state index in [1.165, 1.54) is 12.1 Å². The number of carboxylic acid groups (broad SMARTS) is 1. The molecule has 0 bridgehead atoms. The van der Waals surface area contributed by atoms with Crippen molar-refractivity contribution in [2.45, 2.75) is 19.4 Å². The number of rotatable bonds is 5. The van der Waals surface area contributed by atoms with Gasteiger partial charge in [0.1, 0.15) is 18.2 Å². The summed E-state index contributed by atoms with van der Waals surface area (Å²) in [6.07, 6.45) is 1.28. The molecule has 1 N–H and O–H groups in total. The van der Waals surface area contributed by atoms with E-state index in [4.69, 9.17) is 9.84 Å². The van der Waals surface area contributed by atoms with E-state index in [0.29, 0.717) is 30.7 Å². The third kappa shape index (κ3) is 4.39. The summed E-state index contributed by atoms with van der Waals surface area (Å²) in [5.41, 5.74) is 1.28. The maximum atomic E-state index is 13.2. The zero-order valence-corrected chi connectivity index (χ0v) is 14.2. The molecule has 1 aliphatic rings. The maximum absolute atomic E-state index is 13.2. The van der Waals surface area contributed by atoms with Gasteiger partial charge in [-0.2, -0.15) is 0 Å². The molecule has 1 amide bonds. The van der Waals surface area contributed by atoms with Gasteiger partial charge in [-0.15, -0.1) is 0 Å². The molecule has 3 rings (SSSR count). The van der Waals surface area contributed by atoms with E-state index in [9.17, 15) is 14.0 Å². The van der Waals surface area contributed by atoms with Gasteiger partial charge in [-0.1, -0.05) is 18.2 Å². The van der Waals surface area contributed by atoms with Gasteiger partial charge in [0.15, 0.2) is 0 Å².